The van der Waals surface area contributed by atoms with Crippen molar-refractivity contribution in [3.63, 3.8) is 0 Å². The number of aldehydes is 2. The molecule has 404 valence electrons. The number of rotatable bonds is 16. The summed E-state index contributed by atoms with van der Waals surface area (Å²) in [5.41, 5.74) is 4.97. The van der Waals surface area contributed by atoms with Gasteiger partial charge in [-0.05, 0) is 108 Å². The van der Waals surface area contributed by atoms with E-state index in [1.807, 2.05) is 12.1 Å². The lowest BCUT2D eigenvalue weighted by Gasteiger charge is -2.26. The van der Waals surface area contributed by atoms with Gasteiger partial charge in [-0.3, -0.25) is 9.59 Å². The number of carboxylic acids is 1. The van der Waals surface area contributed by atoms with Gasteiger partial charge in [0.2, 0.25) is 0 Å². The van der Waals surface area contributed by atoms with E-state index in [1.165, 1.54) is 44.4 Å². The summed E-state index contributed by atoms with van der Waals surface area (Å²) in [7, 11) is 6.91. The van der Waals surface area contributed by atoms with Gasteiger partial charge in [-0.25, -0.2) is 19.2 Å². The third-order valence-corrected chi connectivity index (χ3v) is 14.7. The molecular formula is C60H64BrO15P+2. The Morgan fingerprint density at radius 2 is 0.779 bits per heavy atom. The summed E-state index contributed by atoms with van der Waals surface area (Å²) in [5, 5.41) is 12.6. The molecule has 0 aliphatic heterocycles. The van der Waals surface area contributed by atoms with E-state index >= 15 is 0 Å². The molecule has 0 fully saturated rings. The van der Waals surface area contributed by atoms with Crippen LogP contribution in [-0.2, 0) is 56.3 Å². The Hall–Kier alpha value is -8.40. The van der Waals surface area contributed by atoms with Crippen molar-refractivity contribution in [1.29, 1.82) is 0 Å². The summed E-state index contributed by atoms with van der Waals surface area (Å²) >= 11 is 0. The van der Waals surface area contributed by atoms with E-state index in [0.29, 0.717) is 46.1 Å². The number of benzene rings is 7. The first-order valence-electron chi connectivity index (χ1n) is 22.9. The maximum absolute atomic E-state index is 11.1. The van der Waals surface area contributed by atoms with E-state index in [1.54, 1.807) is 111 Å². The van der Waals surface area contributed by atoms with E-state index in [-0.39, 0.29) is 40.8 Å². The molecule has 0 aliphatic rings. The second-order valence-electron chi connectivity index (χ2n) is 15.4. The lowest BCUT2D eigenvalue weighted by atomic mass is 10.1. The van der Waals surface area contributed by atoms with Gasteiger partial charge in [-0.15, -0.1) is 17.0 Å². The normalized spacial score (nSPS) is 9.79. The van der Waals surface area contributed by atoms with Gasteiger partial charge in [0.15, 0.2) is 6.35 Å². The van der Waals surface area contributed by atoms with Crippen molar-refractivity contribution < 1.29 is 72.6 Å². The first-order chi connectivity index (χ1) is 36.3. The monoisotopic (exact) mass is 1130 g/mol. The number of carbonyl (C=O) groups excluding carboxylic acids is 6. The number of carboxylic acid groups (broad SMARTS) is 1. The van der Waals surface area contributed by atoms with Crippen molar-refractivity contribution in [2.75, 3.05) is 49.0 Å². The zero-order valence-corrected chi connectivity index (χ0v) is 46.1. The predicted molar refractivity (Wildman–Crippen MR) is 306 cm³/mol. The molecule has 7 rings (SSSR count). The molecule has 77 heavy (non-hydrogen) atoms. The van der Waals surface area contributed by atoms with Crippen LogP contribution in [-0.4, -0.2) is 96.5 Å². The van der Waals surface area contributed by atoms with Crippen molar-refractivity contribution in [2.24, 2.45) is 0 Å². The molecule has 15 nitrogen and oxygen atoms in total. The van der Waals surface area contributed by atoms with Gasteiger partial charge in [0, 0.05) is 19.1 Å². The maximum Gasteiger partial charge on any atom is 0.337 e. The fourth-order valence-corrected chi connectivity index (χ4v) is 10.5. The maximum atomic E-state index is 11.1. The van der Waals surface area contributed by atoms with E-state index in [9.17, 15) is 33.6 Å². The van der Waals surface area contributed by atoms with Crippen LogP contribution in [0.25, 0.3) is 6.08 Å². The van der Waals surface area contributed by atoms with Crippen molar-refractivity contribution in [2.45, 2.75) is 12.8 Å². The van der Waals surface area contributed by atoms with E-state index in [0.717, 1.165) is 23.7 Å². The second kappa shape index (κ2) is 37.3. The lowest BCUT2D eigenvalue weighted by molar-refractivity contribution is -0.136. The molecule has 0 saturated heterocycles. The second-order valence-corrected chi connectivity index (χ2v) is 18.9. The molecular weight excluding hydrogens is 1070 g/mol. The Bertz CT molecular complexity index is 2770. The Morgan fingerprint density at radius 3 is 1.06 bits per heavy atom. The van der Waals surface area contributed by atoms with Gasteiger partial charge in [0.1, 0.15) is 35.7 Å². The summed E-state index contributed by atoms with van der Waals surface area (Å²) in [5.74, 6) is -2.40. The molecule has 0 bridgehead atoms. The highest BCUT2D eigenvalue weighted by Crippen LogP contribution is 2.55. The Morgan fingerprint density at radius 1 is 0.455 bits per heavy atom. The molecule has 0 radical (unpaired) electrons. The van der Waals surface area contributed by atoms with E-state index in [2.05, 4.69) is 110 Å². The molecule has 0 spiro atoms. The summed E-state index contributed by atoms with van der Waals surface area (Å²) in [4.78, 5) is 74.7. The zero-order valence-electron chi connectivity index (χ0n) is 43.5. The van der Waals surface area contributed by atoms with Crippen molar-refractivity contribution in [3.8, 4) is 0 Å². The highest BCUT2D eigenvalue weighted by molar-refractivity contribution is 8.93. The minimum Gasteiger partial charge on any atom is -0.504 e. The van der Waals surface area contributed by atoms with Crippen molar-refractivity contribution >= 4 is 88.7 Å². The number of halogens is 1. The van der Waals surface area contributed by atoms with Gasteiger partial charge in [-0.2, -0.15) is 0 Å². The van der Waals surface area contributed by atoms with Gasteiger partial charge in [0.25, 0.3) is 0 Å². The van der Waals surface area contributed by atoms with Crippen LogP contribution in [0.1, 0.15) is 68.5 Å². The molecule has 4 N–H and O–H groups in total. The van der Waals surface area contributed by atoms with Gasteiger partial charge in [-0.1, -0.05) is 103 Å². The number of esters is 4. The van der Waals surface area contributed by atoms with Gasteiger partial charge in [0.05, 0.1) is 70.5 Å². The van der Waals surface area contributed by atoms with Gasteiger partial charge < -0.3 is 43.8 Å². The zero-order chi connectivity index (χ0) is 54.9. The third-order valence-electron chi connectivity index (χ3n) is 10.5. The molecule has 0 aliphatic carbocycles. The minimum absolute atomic E-state index is 0. The van der Waals surface area contributed by atoms with E-state index in [4.69, 9.17) is 14.6 Å². The highest BCUT2D eigenvalue weighted by Gasteiger charge is 2.45. The Labute approximate surface area is 459 Å². The van der Waals surface area contributed by atoms with Crippen molar-refractivity contribution in [3.05, 3.63) is 239 Å². The fourth-order valence-electron chi connectivity index (χ4n) is 6.76. The molecule has 0 heterocycles. The summed E-state index contributed by atoms with van der Waals surface area (Å²) in [6.45, 7) is 0. The quantitative estimate of drug-likeness (QED) is 0.0238. The van der Waals surface area contributed by atoms with Crippen LogP contribution < -0.4 is 15.9 Å². The molecule has 0 atom stereocenters. The van der Waals surface area contributed by atoms with Crippen LogP contribution in [0, 0.1) is 0 Å². The summed E-state index contributed by atoms with van der Waals surface area (Å²) < 4.78 is 28.6. The highest BCUT2D eigenvalue weighted by atomic mass is 79.9. The number of hydrogen-bond acceptors (Lipinski definition) is 13. The molecule has 7 aromatic carbocycles. The largest absolute Gasteiger partial charge is 0.504 e. The minimum atomic E-state index is -1.78. The number of carbonyl (C=O) groups is 7. The average molecular weight is 1140 g/mol. The molecule has 17 heteroatoms. The molecule has 0 unspecified atom stereocenters. The van der Waals surface area contributed by atoms with E-state index < -0.39 is 25.2 Å². The first-order valence-corrected chi connectivity index (χ1v) is 24.9. The molecule has 0 amide bonds. The van der Waals surface area contributed by atoms with Crippen LogP contribution in [0.2, 0.25) is 0 Å². The lowest BCUT2D eigenvalue weighted by Crippen LogP contribution is -2.33. The van der Waals surface area contributed by atoms with Crippen LogP contribution in [0.5, 0.6) is 0 Å². The van der Waals surface area contributed by atoms with Gasteiger partial charge >= 0.3 is 29.8 Å². The third kappa shape index (κ3) is 22.2. The SMILES string of the molecule is Br.COC(=O)c1ccc(C=O)cc1.COC(=O)c1ccc(CC(=O)O)cc1.COC(=O)c1ccc(CC=O)cc1.COC=Cc1ccc(C(=O)OC)cc1.COC[P+](c1ccccc1)(c1ccccc1)c1ccccc1.[OH3+]. The Kier molecular flexibility index (Phi) is 32.3. The number of aliphatic carboxylic acids is 1. The summed E-state index contributed by atoms with van der Waals surface area (Å²) in [6.07, 6.45) is 5.98. The predicted octanol–water partition coefficient (Wildman–Crippen LogP) is 8.93. The molecule has 7 aromatic rings. The molecule has 0 saturated carbocycles. The van der Waals surface area contributed by atoms with Crippen LogP contribution in [0.4, 0.5) is 0 Å². The smallest absolute Gasteiger partial charge is 0.337 e. The first kappa shape index (κ1) is 66.6. The molecule has 0 aromatic heterocycles. The van der Waals surface area contributed by atoms with Crippen LogP contribution >= 0.6 is 24.2 Å². The standard InChI is InChI=1S/C20H20OP.C11H12O3.C10H10O4.C10H10O3.C9H8O3.BrH.H2O/c1-21-17-22(18-11-5-2-6-12-18,19-13-7-3-8-14-19)20-15-9-4-10-16-20;1-13-8-7-9-3-5-10(6-4-9)11(12)14-2;1-14-10(13)8-4-2-7(3-5-8)6-9(11)12;1-13-10(12)9-4-2-8(3-5-9)6-7-11;1-12-9(11)8-4-2-7(6-10)3-5-8;;/h2-16H,17H2,1H3;3-8H,1-2H3;2-5H,6H2,1H3,(H,11,12);2-5,7H,6H2,1H3;2-6H,1H3;1H;1H2/q+1;;;;;;/p+1. The Balaban J connectivity index is 0.000000488. The van der Waals surface area contributed by atoms with Crippen LogP contribution in [0.3, 0.4) is 0 Å². The summed E-state index contributed by atoms with van der Waals surface area (Å²) in [6, 6.07) is 58.6. The van der Waals surface area contributed by atoms with Crippen molar-refractivity contribution in [1.82, 2.24) is 0 Å². The average Bonchev–Trinajstić information content (AvgIpc) is 3.47. The number of ether oxygens (including phenoxy) is 6. The fraction of sp³-hybridized carbons (Fsp3) is 0.150. The number of hydrogen-bond donors (Lipinski definition) is 1. The topological polar surface area (TPSA) is 228 Å². The number of methoxy groups -OCH3 is 6. The van der Waals surface area contributed by atoms with Crippen LogP contribution in [0.15, 0.2) is 194 Å².